The van der Waals surface area contributed by atoms with Crippen LogP contribution in [-0.2, 0) is 21.1 Å². The molecule has 1 heterocycles. The van der Waals surface area contributed by atoms with Crippen molar-refractivity contribution in [2.75, 3.05) is 32.1 Å². The molecule has 38 heavy (non-hydrogen) atoms. The van der Waals surface area contributed by atoms with E-state index in [2.05, 4.69) is 10.4 Å². The molecular weight excluding hydrogens is 521 g/mol. The van der Waals surface area contributed by atoms with E-state index in [9.17, 15) is 22.8 Å². The second kappa shape index (κ2) is 12.0. The SMILES string of the molecule is COCCCN(CC(=O)Nc1cc(C(C)(C)C)nn1-c1ccccc1Cl)C(=O)c1cccc(C(F)(F)F)c1. The summed E-state index contributed by atoms with van der Waals surface area (Å²) in [5.74, 6) is -0.898. The first-order valence-corrected chi connectivity index (χ1v) is 12.3. The summed E-state index contributed by atoms with van der Waals surface area (Å²) in [6.45, 7) is 5.95. The molecule has 0 aliphatic carbocycles. The van der Waals surface area contributed by atoms with Gasteiger partial charge >= 0.3 is 6.18 Å². The molecule has 0 atom stereocenters. The molecule has 0 fully saturated rings. The number of ether oxygens (including phenoxy) is 1. The molecule has 0 spiro atoms. The maximum absolute atomic E-state index is 13.2. The van der Waals surface area contributed by atoms with E-state index in [0.717, 1.165) is 12.1 Å². The number of amides is 2. The summed E-state index contributed by atoms with van der Waals surface area (Å²) in [6, 6.07) is 12.9. The van der Waals surface area contributed by atoms with Gasteiger partial charge in [0.1, 0.15) is 12.4 Å². The number of rotatable bonds is 9. The topological polar surface area (TPSA) is 76.5 Å². The summed E-state index contributed by atoms with van der Waals surface area (Å²) < 4.78 is 46.2. The van der Waals surface area contributed by atoms with Gasteiger partial charge in [0.2, 0.25) is 5.91 Å². The first kappa shape index (κ1) is 29.2. The van der Waals surface area contributed by atoms with Crippen LogP contribution in [0.3, 0.4) is 0 Å². The molecule has 7 nitrogen and oxygen atoms in total. The number of aromatic nitrogens is 2. The van der Waals surface area contributed by atoms with Crippen molar-refractivity contribution in [2.24, 2.45) is 0 Å². The third-order valence-electron chi connectivity index (χ3n) is 5.66. The second-order valence-corrected chi connectivity index (χ2v) is 10.1. The van der Waals surface area contributed by atoms with Crippen molar-refractivity contribution in [2.45, 2.75) is 38.8 Å². The van der Waals surface area contributed by atoms with E-state index in [1.165, 1.54) is 28.8 Å². The summed E-state index contributed by atoms with van der Waals surface area (Å²) >= 11 is 6.38. The molecule has 0 bridgehead atoms. The van der Waals surface area contributed by atoms with E-state index in [0.29, 0.717) is 35.2 Å². The number of para-hydroxylation sites is 1. The molecule has 3 aromatic rings. The molecule has 0 unspecified atom stereocenters. The molecule has 2 amide bonds. The van der Waals surface area contributed by atoms with E-state index < -0.39 is 30.1 Å². The van der Waals surface area contributed by atoms with Gasteiger partial charge in [-0.25, -0.2) is 4.68 Å². The van der Waals surface area contributed by atoms with Gasteiger partial charge in [-0.1, -0.05) is 50.6 Å². The number of hydrogen-bond acceptors (Lipinski definition) is 4. The molecule has 0 radical (unpaired) electrons. The number of carbonyl (C=O) groups is 2. The molecule has 1 N–H and O–H groups in total. The van der Waals surface area contributed by atoms with Crippen molar-refractivity contribution in [3.05, 3.63) is 76.4 Å². The van der Waals surface area contributed by atoms with Crippen LogP contribution in [0.2, 0.25) is 5.02 Å². The van der Waals surface area contributed by atoms with Gasteiger partial charge in [0, 0.05) is 37.3 Å². The Kier molecular flexibility index (Phi) is 9.22. The smallest absolute Gasteiger partial charge is 0.385 e. The number of benzene rings is 2. The summed E-state index contributed by atoms with van der Waals surface area (Å²) in [4.78, 5) is 27.5. The maximum atomic E-state index is 13.2. The van der Waals surface area contributed by atoms with E-state index in [4.69, 9.17) is 16.3 Å². The zero-order valence-electron chi connectivity index (χ0n) is 21.6. The number of hydrogen-bond donors (Lipinski definition) is 1. The number of methoxy groups -OCH3 is 1. The molecule has 1 aromatic heterocycles. The van der Waals surface area contributed by atoms with Gasteiger partial charge in [-0.05, 0) is 36.8 Å². The summed E-state index contributed by atoms with van der Waals surface area (Å²) in [5, 5.41) is 7.85. The van der Waals surface area contributed by atoms with Crippen LogP contribution in [0.1, 0.15) is 48.8 Å². The van der Waals surface area contributed by atoms with E-state index in [1.807, 2.05) is 20.8 Å². The van der Waals surface area contributed by atoms with E-state index in [-0.39, 0.29) is 17.5 Å². The van der Waals surface area contributed by atoms with Crippen molar-refractivity contribution in [1.82, 2.24) is 14.7 Å². The lowest BCUT2D eigenvalue weighted by molar-refractivity contribution is -0.137. The predicted molar refractivity (Wildman–Crippen MR) is 140 cm³/mol. The Hall–Kier alpha value is -3.37. The summed E-state index contributed by atoms with van der Waals surface area (Å²) in [7, 11) is 1.49. The molecule has 0 saturated heterocycles. The first-order valence-electron chi connectivity index (χ1n) is 11.9. The van der Waals surface area contributed by atoms with Crippen LogP contribution in [0.15, 0.2) is 54.6 Å². The fourth-order valence-corrected chi connectivity index (χ4v) is 3.88. The fraction of sp³-hybridized carbons (Fsp3) is 0.370. The van der Waals surface area contributed by atoms with E-state index in [1.54, 1.807) is 30.3 Å². The number of nitrogens with one attached hydrogen (secondary N) is 1. The monoisotopic (exact) mass is 550 g/mol. The highest BCUT2D eigenvalue weighted by atomic mass is 35.5. The molecule has 11 heteroatoms. The Labute approximate surface area is 224 Å². The van der Waals surface area contributed by atoms with Gasteiger partial charge in [-0.2, -0.15) is 18.3 Å². The van der Waals surface area contributed by atoms with Crippen molar-refractivity contribution >= 4 is 29.2 Å². The Morgan fingerprint density at radius 1 is 1.08 bits per heavy atom. The van der Waals surface area contributed by atoms with Gasteiger partial charge in [-0.15, -0.1) is 0 Å². The van der Waals surface area contributed by atoms with Crippen LogP contribution in [-0.4, -0.2) is 53.3 Å². The molecule has 3 rings (SSSR count). The standard InChI is InChI=1S/C27H30ClF3N4O3/c1-26(2,3)22-16-23(35(33-22)21-12-6-5-11-20(21)28)32-24(36)17-34(13-8-14-38-4)25(37)18-9-7-10-19(15-18)27(29,30)31/h5-7,9-12,15-16H,8,13-14,17H2,1-4H3,(H,32,36). The van der Waals surface area contributed by atoms with Crippen molar-refractivity contribution in [3.63, 3.8) is 0 Å². The van der Waals surface area contributed by atoms with E-state index >= 15 is 0 Å². The molecule has 2 aromatic carbocycles. The predicted octanol–water partition coefficient (Wildman–Crippen LogP) is 5.96. The average molecular weight is 551 g/mol. The summed E-state index contributed by atoms with van der Waals surface area (Å²) in [5.41, 5.74) is -0.191. The lowest BCUT2D eigenvalue weighted by Crippen LogP contribution is -2.39. The molecular formula is C27H30ClF3N4O3. The van der Waals surface area contributed by atoms with Gasteiger partial charge in [0.15, 0.2) is 0 Å². The van der Waals surface area contributed by atoms with Gasteiger partial charge < -0.3 is 15.0 Å². The molecule has 0 saturated carbocycles. The first-order chi connectivity index (χ1) is 17.8. The van der Waals surface area contributed by atoms with Crippen molar-refractivity contribution < 1.29 is 27.5 Å². The molecule has 204 valence electrons. The Bertz CT molecular complexity index is 1290. The number of anilines is 1. The van der Waals surface area contributed by atoms with Crippen LogP contribution in [0.25, 0.3) is 5.69 Å². The largest absolute Gasteiger partial charge is 0.416 e. The normalized spacial score (nSPS) is 11.9. The van der Waals surface area contributed by atoms with Crippen molar-refractivity contribution in [3.8, 4) is 5.69 Å². The van der Waals surface area contributed by atoms with Gasteiger partial charge in [0.25, 0.3) is 5.91 Å². The van der Waals surface area contributed by atoms with Crippen LogP contribution in [0.5, 0.6) is 0 Å². The number of nitrogens with zero attached hydrogens (tertiary/aromatic N) is 3. The Balaban J connectivity index is 1.89. The fourth-order valence-electron chi connectivity index (χ4n) is 3.66. The second-order valence-electron chi connectivity index (χ2n) is 9.73. The van der Waals surface area contributed by atoms with Crippen LogP contribution < -0.4 is 5.32 Å². The number of halogens is 4. The number of alkyl halides is 3. The van der Waals surface area contributed by atoms with Crippen LogP contribution >= 0.6 is 11.6 Å². The molecule has 0 aliphatic heterocycles. The van der Waals surface area contributed by atoms with Gasteiger partial charge in [-0.3, -0.25) is 9.59 Å². The van der Waals surface area contributed by atoms with Gasteiger partial charge in [0.05, 0.1) is 22.0 Å². The maximum Gasteiger partial charge on any atom is 0.416 e. The third kappa shape index (κ3) is 7.35. The highest BCUT2D eigenvalue weighted by Gasteiger charge is 2.31. The number of carbonyl (C=O) groups excluding carboxylic acids is 2. The average Bonchev–Trinajstić information content (AvgIpc) is 3.27. The minimum absolute atomic E-state index is 0.105. The zero-order chi connectivity index (χ0) is 28.1. The quantitative estimate of drug-likeness (QED) is 0.334. The highest BCUT2D eigenvalue weighted by molar-refractivity contribution is 6.32. The Morgan fingerprint density at radius 2 is 1.79 bits per heavy atom. The minimum Gasteiger partial charge on any atom is -0.385 e. The van der Waals surface area contributed by atoms with Crippen molar-refractivity contribution in [1.29, 1.82) is 0 Å². The minimum atomic E-state index is -4.60. The highest BCUT2D eigenvalue weighted by Crippen LogP contribution is 2.30. The zero-order valence-corrected chi connectivity index (χ0v) is 22.4. The summed E-state index contributed by atoms with van der Waals surface area (Å²) in [6.07, 6.45) is -4.21. The third-order valence-corrected chi connectivity index (χ3v) is 5.98. The lowest BCUT2D eigenvalue weighted by Gasteiger charge is -2.23. The van der Waals surface area contributed by atoms with Crippen LogP contribution in [0.4, 0.5) is 19.0 Å². The van der Waals surface area contributed by atoms with Crippen LogP contribution in [0, 0.1) is 0 Å². The lowest BCUT2D eigenvalue weighted by atomic mass is 9.92. The Morgan fingerprint density at radius 3 is 2.42 bits per heavy atom. The molecule has 0 aliphatic rings.